The molecule has 2 bridgehead atoms. The molecule has 20 heavy (non-hydrogen) atoms. The molecule has 0 spiro atoms. The monoisotopic (exact) mass is 304 g/mol. The summed E-state index contributed by atoms with van der Waals surface area (Å²) < 4.78 is 34.4. The molecule has 2 atom stereocenters. The van der Waals surface area contributed by atoms with Crippen LogP contribution in [0.15, 0.2) is 6.20 Å². The molecule has 3 heterocycles. The summed E-state index contributed by atoms with van der Waals surface area (Å²) >= 11 is 0. The van der Waals surface area contributed by atoms with Gasteiger partial charge in [-0.2, -0.15) is 18.6 Å². The second-order valence-corrected chi connectivity index (χ2v) is 5.26. The minimum absolute atomic E-state index is 0.0855. The van der Waals surface area contributed by atoms with Gasteiger partial charge in [0.15, 0.2) is 6.04 Å². The van der Waals surface area contributed by atoms with E-state index >= 15 is 0 Å². The average Bonchev–Trinajstić information content (AvgIpc) is 2.88. The van der Waals surface area contributed by atoms with Crippen LogP contribution in [0.4, 0.5) is 4.79 Å². The Hall–Kier alpha value is -2.18. The maximum absolute atomic E-state index is 12.0. The number of urea groups is 1. The number of fused-ring (bicyclic) bond motifs is 4. The van der Waals surface area contributed by atoms with Crippen molar-refractivity contribution in [2.75, 3.05) is 6.54 Å². The molecule has 1 aromatic heterocycles. The standard InChI is InChI=1S/C8H8N4O7S/c13-7(14)6-5-3(1-9-10-5)4-2-11(6)8(15)12(4)19-20(16,17)18/h1,4,6H,2H2,(H,9,10)(H,13,14)(H,16,17,18)/t4-,6-/m0/s1. The molecule has 2 amide bonds. The number of aromatic amines is 1. The highest BCUT2D eigenvalue weighted by molar-refractivity contribution is 7.80. The number of carbonyl (C=O) groups is 2. The van der Waals surface area contributed by atoms with Gasteiger partial charge in [-0.3, -0.25) is 9.65 Å². The summed E-state index contributed by atoms with van der Waals surface area (Å²) in [7, 11) is -4.90. The highest BCUT2D eigenvalue weighted by Crippen LogP contribution is 2.43. The molecule has 0 radical (unpaired) electrons. The lowest BCUT2D eigenvalue weighted by atomic mass is 9.98. The molecule has 0 saturated carbocycles. The Morgan fingerprint density at radius 2 is 2.25 bits per heavy atom. The van der Waals surface area contributed by atoms with E-state index in [2.05, 4.69) is 14.5 Å². The Balaban J connectivity index is 2.07. The molecule has 3 rings (SSSR count). The summed E-state index contributed by atoms with van der Waals surface area (Å²) in [6.07, 6.45) is 1.28. The van der Waals surface area contributed by atoms with Gasteiger partial charge in [0.1, 0.15) is 6.04 Å². The van der Waals surface area contributed by atoms with Gasteiger partial charge in [0.25, 0.3) is 0 Å². The Morgan fingerprint density at radius 1 is 1.55 bits per heavy atom. The van der Waals surface area contributed by atoms with Gasteiger partial charge >= 0.3 is 22.4 Å². The lowest BCUT2D eigenvalue weighted by Crippen LogP contribution is -2.38. The number of nitrogens with one attached hydrogen (secondary N) is 1. The molecule has 1 aromatic rings. The predicted molar refractivity (Wildman–Crippen MR) is 58.3 cm³/mol. The first-order chi connectivity index (χ1) is 9.29. The number of H-pyrrole nitrogens is 1. The Morgan fingerprint density at radius 3 is 2.85 bits per heavy atom. The van der Waals surface area contributed by atoms with Crippen molar-refractivity contribution < 1.29 is 31.9 Å². The Bertz CT molecular complexity index is 697. The fourth-order valence-corrected chi connectivity index (χ4v) is 2.80. The van der Waals surface area contributed by atoms with Crippen LogP contribution in [-0.4, -0.2) is 56.8 Å². The predicted octanol–water partition coefficient (Wildman–Crippen LogP) is -0.938. The number of aromatic nitrogens is 2. The van der Waals surface area contributed by atoms with Gasteiger partial charge in [0, 0.05) is 5.56 Å². The molecule has 0 unspecified atom stereocenters. The molecule has 3 N–H and O–H groups in total. The summed E-state index contributed by atoms with van der Waals surface area (Å²) in [4.78, 5) is 24.2. The topological polar surface area (TPSA) is 153 Å². The summed E-state index contributed by atoms with van der Waals surface area (Å²) in [6.45, 7) is -0.0855. The molecule has 2 aliphatic rings. The summed E-state index contributed by atoms with van der Waals surface area (Å²) in [5, 5.41) is 15.8. The van der Waals surface area contributed by atoms with Crippen molar-refractivity contribution in [2.24, 2.45) is 0 Å². The van der Waals surface area contributed by atoms with Gasteiger partial charge in [-0.05, 0) is 0 Å². The number of carboxylic acid groups (broad SMARTS) is 1. The van der Waals surface area contributed by atoms with Crippen molar-refractivity contribution in [1.29, 1.82) is 0 Å². The van der Waals surface area contributed by atoms with Crippen molar-refractivity contribution >= 4 is 22.4 Å². The lowest BCUT2D eigenvalue weighted by molar-refractivity contribution is -0.142. The third kappa shape index (κ3) is 1.73. The first kappa shape index (κ1) is 12.8. The number of aliphatic carboxylic acids is 1. The molecule has 108 valence electrons. The molecule has 2 aliphatic heterocycles. The van der Waals surface area contributed by atoms with Crippen molar-refractivity contribution in [3.63, 3.8) is 0 Å². The highest BCUT2D eigenvalue weighted by atomic mass is 32.3. The van der Waals surface area contributed by atoms with Gasteiger partial charge in [0.2, 0.25) is 0 Å². The molecule has 0 aromatic carbocycles. The maximum atomic E-state index is 12.0. The summed E-state index contributed by atoms with van der Waals surface area (Å²) in [6, 6.07) is -3.15. The SMILES string of the molecule is O=C(O)[C@@H]1c2[nH]ncc2[C@@H]2CN1C(=O)N2OS(=O)(=O)O. The van der Waals surface area contributed by atoms with Crippen LogP contribution in [0.25, 0.3) is 0 Å². The first-order valence-electron chi connectivity index (χ1n) is 5.32. The van der Waals surface area contributed by atoms with E-state index in [0.29, 0.717) is 10.6 Å². The zero-order valence-corrected chi connectivity index (χ0v) is 10.4. The zero-order chi connectivity index (χ0) is 14.7. The van der Waals surface area contributed by atoms with Crippen molar-refractivity contribution in [1.82, 2.24) is 20.2 Å². The molecule has 12 heteroatoms. The minimum atomic E-state index is -4.90. The molecule has 1 saturated heterocycles. The maximum Gasteiger partial charge on any atom is 0.418 e. The number of hydroxylamine groups is 2. The Labute approximate surface area is 111 Å². The second kappa shape index (κ2) is 3.91. The van der Waals surface area contributed by atoms with Crippen LogP contribution in [-0.2, 0) is 19.5 Å². The fraction of sp³-hybridized carbons (Fsp3) is 0.375. The van der Waals surface area contributed by atoms with E-state index in [-0.39, 0.29) is 12.2 Å². The molecular formula is C8H8N4O7S. The van der Waals surface area contributed by atoms with Crippen LogP contribution in [0.3, 0.4) is 0 Å². The van der Waals surface area contributed by atoms with Gasteiger partial charge in [-0.25, -0.2) is 9.59 Å². The number of carboxylic acids is 1. The van der Waals surface area contributed by atoms with Crippen LogP contribution in [0.1, 0.15) is 23.3 Å². The Kier molecular flexibility index (Phi) is 2.51. The van der Waals surface area contributed by atoms with E-state index < -0.39 is 34.5 Å². The van der Waals surface area contributed by atoms with E-state index in [4.69, 9.17) is 4.55 Å². The van der Waals surface area contributed by atoms with E-state index in [9.17, 15) is 23.1 Å². The average molecular weight is 304 g/mol. The normalized spacial score (nSPS) is 24.9. The second-order valence-electron chi connectivity index (χ2n) is 4.26. The third-order valence-corrected chi connectivity index (χ3v) is 3.49. The van der Waals surface area contributed by atoms with Crippen LogP contribution in [0.2, 0.25) is 0 Å². The third-order valence-electron chi connectivity index (χ3n) is 3.14. The number of amides is 2. The lowest BCUT2D eigenvalue weighted by Gasteiger charge is -2.26. The van der Waals surface area contributed by atoms with Crippen molar-refractivity contribution in [2.45, 2.75) is 12.1 Å². The number of carbonyl (C=O) groups excluding carboxylic acids is 1. The van der Waals surface area contributed by atoms with Gasteiger partial charge in [0.05, 0.1) is 18.4 Å². The van der Waals surface area contributed by atoms with Gasteiger partial charge in [-0.15, -0.1) is 4.28 Å². The van der Waals surface area contributed by atoms with Crippen LogP contribution < -0.4 is 0 Å². The van der Waals surface area contributed by atoms with Crippen molar-refractivity contribution in [3.05, 3.63) is 17.5 Å². The van der Waals surface area contributed by atoms with Crippen molar-refractivity contribution in [3.8, 4) is 0 Å². The number of hydrogen-bond donors (Lipinski definition) is 3. The highest BCUT2D eigenvalue weighted by Gasteiger charge is 2.53. The smallest absolute Gasteiger partial charge is 0.418 e. The number of hydrogen-bond acceptors (Lipinski definition) is 6. The van der Waals surface area contributed by atoms with Gasteiger partial charge < -0.3 is 10.0 Å². The number of rotatable bonds is 3. The van der Waals surface area contributed by atoms with Gasteiger partial charge in [-0.1, -0.05) is 0 Å². The minimum Gasteiger partial charge on any atom is -0.479 e. The fourth-order valence-electron chi connectivity index (χ4n) is 2.43. The van der Waals surface area contributed by atoms with Crippen LogP contribution in [0, 0.1) is 0 Å². The summed E-state index contributed by atoms with van der Waals surface area (Å²) in [5.41, 5.74) is 0.492. The molecule has 0 aliphatic carbocycles. The largest absolute Gasteiger partial charge is 0.479 e. The van der Waals surface area contributed by atoms with Crippen LogP contribution >= 0.6 is 0 Å². The number of nitrogens with zero attached hydrogens (tertiary/aromatic N) is 3. The van der Waals surface area contributed by atoms with E-state index in [1.54, 1.807) is 0 Å². The zero-order valence-electron chi connectivity index (χ0n) is 9.62. The molecular weight excluding hydrogens is 296 g/mol. The first-order valence-corrected chi connectivity index (χ1v) is 6.69. The van der Waals surface area contributed by atoms with E-state index in [1.165, 1.54) is 6.20 Å². The van der Waals surface area contributed by atoms with E-state index in [1.807, 2.05) is 0 Å². The quantitative estimate of drug-likeness (QED) is 0.605. The van der Waals surface area contributed by atoms with E-state index in [0.717, 1.165) is 4.90 Å². The van der Waals surface area contributed by atoms with Crippen LogP contribution in [0.5, 0.6) is 0 Å². The summed E-state index contributed by atoms with van der Waals surface area (Å²) in [5.74, 6) is -1.30. The molecule has 11 nitrogen and oxygen atoms in total. The molecule has 1 fully saturated rings.